The minimum Gasteiger partial charge on any atom is -0.676 e. The van der Waals surface area contributed by atoms with E-state index in [1.165, 1.54) is 33.1 Å². The minimum absolute atomic E-state index is 0. The molecular weight excluding hydrogens is 387 g/mol. The van der Waals surface area contributed by atoms with Crippen molar-refractivity contribution < 1.29 is 30.7 Å². The van der Waals surface area contributed by atoms with E-state index in [1.54, 1.807) is 0 Å². The van der Waals surface area contributed by atoms with Crippen molar-refractivity contribution in [3.05, 3.63) is 17.9 Å². The van der Waals surface area contributed by atoms with Gasteiger partial charge in [-0.15, -0.1) is 0 Å². The van der Waals surface area contributed by atoms with Crippen LogP contribution in [0.3, 0.4) is 0 Å². The molecule has 5 heteroatoms. The van der Waals surface area contributed by atoms with Crippen LogP contribution in [0.15, 0.2) is 0 Å². The summed E-state index contributed by atoms with van der Waals surface area (Å²) in [5.74, 6) is 0.250. The maximum Gasteiger partial charge on any atom is 4.00 e. The molecule has 1 saturated carbocycles. The van der Waals surface area contributed by atoms with E-state index in [0.717, 1.165) is 12.8 Å². The first-order valence-electron chi connectivity index (χ1n) is 5.25. The zero-order valence-electron chi connectivity index (χ0n) is 9.77. The van der Waals surface area contributed by atoms with E-state index in [1.807, 2.05) is 0 Å². The molecule has 4 N–H and O–H groups in total. The van der Waals surface area contributed by atoms with Crippen molar-refractivity contribution >= 4 is 11.6 Å². The molecule has 0 spiro atoms. The standard InChI is InChI=1S/C6H12N2.C5H7O2.Pt/c7-5-3-1-2-4-6(5)8;1-4(6)3-5(2)7;/h5-8H,1-4H2;3H,1-2H3;/q-2;-1;+4/p+2. The van der Waals surface area contributed by atoms with E-state index in [-0.39, 0.29) is 44.7 Å². The molecule has 4 nitrogen and oxygen atoms in total. The fraction of sp³-hybridized carbons (Fsp3) is 0.727. The molecule has 0 aromatic rings. The average molecular weight is 408 g/mol. The third kappa shape index (κ3) is 10.3. The molecule has 0 aromatic carbocycles. The fourth-order valence-electron chi connectivity index (χ4n) is 1.43. The molecule has 1 fully saturated rings. The van der Waals surface area contributed by atoms with E-state index in [0.29, 0.717) is 0 Å². The first kappa shape index (κ1) is 18.2. The second kappa shape index (κ2) is 10.0. The zero-order chi connectivity index (χ0) is 11.8. The zero-order valence-corrected chi connectivity index (χ0v) is 12.0. The molecule has 0 saturated heterocycles. The number of hydrogen-bond donors (Lipinski definition) is 0. The van der Waals surface area contributed by atoms with Crippen LogP contribution in [0.25, 0.3) is 11.5 Å². The van der Waals surface area contributed by atoms with Crippen LogP contribution in [0, 0.1) is 6.42 Å². The predicted molar refractivity (Wildman–Crippen MR) is 64.2 cm³/mol. The monoisotopic (exact) mass is 408 g/mol. The van der Waals surface area contributed by atoms with Gasteiger partial charge in [0.2, 0.25) is 0 Å². The molecule has 0 aromatic heterocycles. The van der Waals surface area contributed by atoms with Crippen LogP contribution in [0.1, 0.15) is 39.5 Å². The predicted octanol–water partition coefficient (Wildman–Crippen LogP) is 2.72. The van der Waals surface area contributed by atoms with Gasteiger partial charge in [0, 0.05) is 13.8 Å². The van der Waals surface area contributed by atoms with Gasteiger partial charge in [-0.2, -0.15) is 18.5 Å². The maximum atomic E-state index is 8.40. The summed E-state index contributed by atoms with van der Waals surface area (Å²) in [4.78, 5) is 16.8. The molecule has 2 unspecified atom stereocenters. The summed E-state index contributed by atoms with van der Waals surface area (Å²) in [6.45, 7) is 3.00. The Balaban J connectivity index is 0. The van der Waals surface area contributed by atoms with E-state index >= 15 is 0 Å². The Hall–Kier alpha value is -0.182. The summed E-state index contributed by atoms with van der Waals surface area (Å²) < 4.78 is 0. The number of rotatable bonds is 2. The van der Waals surface area contributed by atoms with Crippen molar-refractivity contribution in [3.8, 4) is 0 Å². The largest absolute Gasteiger partial charge is 4.00 e. The van der Waals surface area contributed by atoms with Gasteiger partial charge < -0.3 is 21.1 Å². The summed E-state index contributed by atoms with van der Waals surface area (Å²) in [6.07, 6.45) is 5.52. The third-order valence-corrected chi connectivity index (χ3v) is 2.18. The molecule has 2 atom stereocenters. The Morgan fingerprint density at radius 1 is 1.00 bits per heavy atom. The van der Waals surface area contributed by atoms with Gasteiger partial charge >= 0.3 is 21.1 Å². The molecule has 1 aliphatic carbocycles. The van der Waals surface area contributed by atoms with Crippen LogP contribution >= 0.6 is 0 Å². The maximum absolute atomic E-state index is 8.40. The van der Waals surface area contributed by atoms with Gasteiger partial charge in [0.25, 0.3) is 0 Å². The molecule has 0 radical (unpaired) electrons. The Morgan fingerprint density at radius 2 is 1.31 bits per heavy atom. The number of hydrogen-bond acceptors (Lipinski definition) is 0. The van der Waals surface area contributed by atoms with Gasteiger partial charge in [-0.25, -0.2) is 0 Å². The van der Waals surface area contributed by atoms with Gasteiger partial charge in [0.05, 0.1) is 0 Å². The molecule has 94 valence electrons. The Kier molecular flexibility index (Phi) is 11.4. The summed E-state index contributed by atoms with van der Waals surface area (Å²) in [5, 5.41) is 0. The summed E-state index contributed by atoms with van der Waals surface area (Å²) in [7, 11) is 0. The van der Waals surface area contributed by atoms with Crippen LogP contribution < -0.4 is 0 Å². The molecule has 0 bridgehead atoms. The van der Waals surface area contributed by atoms with Gasteiger partial charge in [-0.3, -0.25) is 0 Å². The minimum atomic E-state index is -0.0799. The van der Waals surface area contributed by atoms with E-state index in [4.69, 9.17) is 21.1 Å². The molecular formula is C11H21N2O2Pt+3. The van der Waals surface area contributed by atoms with Crippen molar-refractivity contribution in [1.29, 1.82) is 0 Å². The molecule has 0 amide bonds. The second-order valence-electron chi connectivity index (χ2n) is 3.92. The summed E-state index contributed by atoms with van der Waals surface area (Å²) in [5.41, 5.74) is 14.6. The summed E-state index contributed by atoms with van der Waals surface area (Å²) in [6, 6.07) is -0.160. The van der Waals surface area contributed by atoms with Crippen molar-refractivity contribution in [3.63, 3.8) is 0 Å². The number of nitrogens with one attached hydrogen (secondary N) is 2. The van der Waals surface area contributed by atoms with Crippen molar-refractivity contribution in [2.24, 2.45) is 0 Å². The van der Waals surface area contributed by atoms with E-state index in [2.05, 4.69) is 0 Å². The average Bonchev–Trinajstić information content (AvgIpc) is 2.08. The first-order chi connectivity index (χ1) is 6.93. The van der Waals surface area contributed by atoms with Crippen molar-refractivity contribution in [2.75, 3.05) is 0 Å². The van der Waals surface area contributed by atoms with Gasteiger partial charge in [0.1, 0.15) is 0 Å². The van der Waals surface area contributed by atoms with E-state index < -0.39 is 0 Å². The van der Waals surface area contributed by atoms with Crippen LogP contribution in [0.5, 0.6) is 0 Å². The molecule has 1 rings (SSSR count). The number of ketones is 2. The van der Waals surface area contributed by atoms with Crippen LogP contribution in [0.4, 0.5) is 0 Å². The van der Waals surface area contributed by atoms with Gasteiger partial charge in [-0.1, -0.05) is 25.7 Å². The SMILES string of the molecule is CC(=[OH+])[CH-]C(C)=[OH+].[NH-]C1CCCCC1[NH-].[Pt+4]. The normalized spacial score (nSPS) is 23.2. The summed E-state index contributed by atoms with van der Waals surface area (Å²) >= 11 is 0. The van der Waals surface area contributed by atoms with E-state index in [9.17, 15) is 0 Å². The molecule has 0 heterocycles. The van der Waals surface area contributed by atoms with Crippen LogP contribution in [0.2, 0.25) is 0 Å². The Bertz CT molecular complexity index is 200. The van der Waals surface area contributed by atoms with Crippen molar-refractivity contribution in [1.82, 2.24) is 0 Å². The van der Waals surface area contributed by atoms with Crippen molar-refractivity contribution in [2.45, 2.75) is 51.6 Å². The van der Waals surface area contributed by atoms with Gasteiger partial charge in [-0.05, 0) is 0 Å². The molecule has 1 aliphatic rings. The first-order valence-corrected chi connectivity index (χ1v) is 5.25. The smallest absolute Gasteiger partial charge is 0.676 e. The number of carbonyl (C=O) groups excluding carboxylic acids is 2. The quantitative estimate of drug-likeness (QED) is 0.382. The third-order valence-electron chi connectivity index (χ3n) is 2.18. The van der Waals surface area contributed by atoms with Gasteiger partial charge in [0.15, 0.2) is 11.6 Å². The molecule has 16 heavy (non-hydrogen) atoms. The topological polar surface area (TPSA) is 90.4 Å². The molecule has 0 aliphatic heterocycles. The second-order valence-corrected chi connectivity index (χ2v) is 3.92. The Morgan fingerprint density at radius 3 is 1.44 bits per heavy atom. The van der Waals surface area contributed by atoms with Crippen LogP contribution in [-0.4, -0.2) is 33.2 Å². The Labute approximate surface area is 112 Å². The van der Waals surface area contributed by atoms with Crippen LogP contribution in [-0.2, 0) is 21.1 Å². The fourth-order valence-corrected chi connectivity index (χ4v) is 1.43.